The SMILES string of the molecule is COC(=O)c1ccccc1CN1CCC(CN)C1.Cl. The summed E-state index contributed by atoms with van der Waals surface area (Å²) in [6, 6.07) is 7.63. The first kappa shape index (κ1) is 16.0. The number of methoxy groups -OCH3 is 1. The van der Waals surface area contributed by atoms with Crippen LogP contribution in [0.1, 0.15) is 22.3 Å². The Morgan fingerprint density at radius 1 is 1.47 bits per heavy atom. The van der Waals surface area contributed by atoms with Gasteiger partial charge in [-0.2, -0.15) is 0 Å². The van der Waals surface area contributed by atoms with Crippen LogP contribution in [0.4, 0.5) is 0 Å². The van der Waals surface area contributed by atoms with E-state index >= 15 is 0 Å². The van der Waals surface area contributed by atoms with Crippen molar-refractivity contribution in [1.29, 1.82) is 0 Å². The van der Waals surface area contributed by atoms with Gasteiger partial charge in [0.2, 0.25) is 0 Å². The van der Waals surface area contributed by atoms with Gasteiger partial charge in [-0.3, -0.25) is 4.90 Å². The summed E-state index contributed by atoms with van der Waals surface area (Å²) in [5.74, 6) is 0.329. The van der Waals surface area contributed by atoms with Crippen LogP contribution in [-0.2, 0) is 11.3 Å². The fourth-order valence-electron chi connectivity index (χ4n) is 2.46. The van der Waals surface area contributed by atoms with Crippen LogP contribution in [0.3, 0.4) is 0 Å². The summed E-state index contributed by atoms with van der Waals surface area (Å²) in [5.41, 5.74) is 7.38. The lowest BCUT2D eigenvalue weighted by Crippen LogP contribution is -2.23. The zero-order valence-electron chi connectivity index (χ0n) is 11.2. The van der Waals surface area contributed by atoms with Crippen LogP contribution in [0.2, 0.25) is 0 Å². The first-order chi connectivity index (χ1) is 8.74. The number of carbonyl (C=O) groups excluding carboxylic acids is 1. The number of nitrogens with zero attached hydrogens (tertiary/aromatic N) is 1. The molecule has 2 rings (SSSR count). The smallest absolute Gasteiger partial charge is 0.338 e. The molecular weight excluding hydrogens is 264 g/mol. The van der Waals surface area contributed by atoms with E-state index in [1.807, 2.05) is 24.3 Å². The quantitative estimate of drug-likeness (QED) is 0.855. The molecule has 0 spiro atoms. The summed E-state index contributed by atoms with van der Waals surface area (Å²) in [4.78, 5) is 14.0. The van der Waals surface area contributed by atoms with E-state index in [9.17, 15) is 4.79 Å². The lowest BCUT2D eigenvalue weighted by molar-refractivity contribution is 0.0598. The second kappa shape index (κ2) is 7.48. The average molecular weight is 285 g/mol. The normalized spacial score (nSPS) is 18.9. The molecule has 1 saturated heterocycles. The Balaban J connectivity index is 0.00000180. The molecule has 1 aliphatic rings. The van der Waals surface area contributed by atoms with Crippen molar-refractivity contribution < 1.29 is 9.53 Å². The largest absolute Gasteiger partial charge is 0.465 e. The molecule has 0 aromatic heterocycles. The van der Waals surface area contributed by atoms with E-state index < -0.39 is 0 Å². The Labute approximate surface area is 120 Å². The van der Waals surface area contributed by atoms with Gasteiger partial charge in [-0.25, -0.2) is 4.79 Å². The first-order valence-electron chi connectivity index (χ1n) is 6.33. The molecule has 1 atom stereocenters. The van der Waals surface area contributed by atoms with Gasteiger partial charge in [0.1, 0.15) is 0 Å². The Morgan fingerprint density at radius 2 is 2.21 bits per heavy atom. The average Bonchev–Trinajstić information content (AvgIpc) is 2.86. The molecule has 0 bridgehead atoms. The zero-order valence-corrected chi connectivity index (χ0v) is 12.0. The van der Waals surface area contributed by atoms with Crippen LogP contribution in [0.5, 0.6) is 0 Å². The van der Waals surface area contributed by atoms with Crippen molar-refractivity contribution >= 4 is 18.4 Å². The first-order valence-corrected chi connectivity index (χ1v) is 6.33. The lowest BCUT2D eigenvalue weighted by atomic mass is 10.1. The van der Waals surface area contributed by atoms with Gasteiger partial charge < -0.3 is 10.5 Å². The molecule has 2 N–H and O–H groups in total. The third-order valence-corrected chi connectivity index (χ3v) is 3.52. The van der Waals surface area contributed by atoms with Gasteiger partial charge in [0.05, 0.1) is 12.7 Å². The van der Waals surface area contributed by atoms with Crippen molar-refractivity contribution in [2.75, 3.05) is 26.7 Å². The minimum atomic E-state index is -0.264. The summed E-state index contributed by atoms with van der Waals surface area (Å²) in [6.45, 7) is 3.61. The monoisotopic (exact) mass is 284 g/mol. The van der Waals surface area contributed by atoms with Gasteiger partial charge in [-0.05, 0) is 37.1 Å². The Kier molecular flexibility index (Phi) is 6.28. The number of hydrogen-bond acceptors (Lipinski definition) is 4. The predicted octanol–water partition coefficient (Wildman–Crippen LogP) is 1.68. The third-order valence-electron chi connectivity index (χ3n) is 3.52. The molecule has 1 aromatic rings. The number of esters is 1. The molecule has 4 nitrogen and oxygen atoms in total. The molecule has 1 aromatic carbocycles. The highest BCUT2D eigenvalue weighted by molar-refractivity contribution is 5.90. The van der Waals surface area contributed by atoms with Crippen molar-refractivity contribution in [3.05, 3.63) is 35.4 Å². The van der Waals surface area contributed by atoms with Gasteiger partial charge in [0.15, 0.2) is 0 Å². The highest BCUT2D eigenvalue weighted by atomic mass is 35.5. The highest BCUT2D eigenvalue weighted by Crippen LogP contribution is 2.19. The van der Waals surface area contributed by atoms with Crippen LogP contribution in [-0.4, -0.2) is 37.6 Å². The number of ether oxygens (including phenoxy) is 1. The van der Waals surface area contributed by atoms with Crippen molar-refractivity contribution in [2.24, 2.45) is 11.7 Å². The van der Waals surface area contributed by atoms with Gasteiger partial charge in [0, 0.05) is 13.1 Å². The maximum Gasteiger partial charge on any atom is 0.338 e. The molecule has 0 radical (unpaired) electrons. The van der Waals surface area contributed by atoms with Crippen LogP contribution in [0.15, 0.2) is 24.3 Å². The van der Waals surface area contributed by atoms with E-state index in [0.717, 1.165) is 38.2 Å². The van der Waals surface area contributed by atoms with Crippen LogP contribution in [0.25, 0.3) is 0 Å². The van der Waals surface area contributed by atoms with Crippen molar-refractivity contribution in [2.45, 2.75) is 13.0 Å². The molecule has 0 aliphatic carbocycles. The number of benzene rings is 1. The molecule has 5 heteroatoms. The molecule has 1 fully saturated rings. The molecule has 1 unspecified atom stereocenters. The minimum Gasteiger partial charge on any atom is -0.465 e. The van der Waals surface area contributed by atoms with Gasteiger partial charge in [-0.1, -0.05) is 18.2 Å². The Bertz CT molecular complexity index is 426. The maximum absolute atomic E-state index is 11.7. The summed E-state index contributed by atoms with van der Waals surface area (Å²) in [6.07, 6.45) is 1.15. The highest BCUT2D eigenvalue weighted by Gasteiger charge is 2.22. The summed E-state index contributed by atoms with van der Waals surface area (Å²) >= 11 is 0. The second-order valence-corrected chi connectivity index (χ2v) is 4.77. The van der Waals surface area contributed by atoms with Crippen LogP contribution < -0.4 is 5.73 Å². The number of carbonyl (C=O) groups is 1. The summed E-state index contributed by atoms with van der Waals surface area (Å²) in [5, 5.41) is 0. The molecule has 19 heavy (non-hydrogen) atoms. The lowest BCUT2D eigenvalue weighted by Gasteiger charge is -2.17. The Morgan fingerprint density at radius 3 is 2.84 bits per heavy atom. The van der Waals surface area contributed by atoms with E-state index in [4.69, 9.17) is 10.5 Å². The van der Waals surface area contributed by atoms with E-state index in [-0.39, 0.29) is 18.4 Å². The molecular formula is C14H21ClN2O2. The van der Waals surface area contributed by atoms with Crippen molar-refractivity contribution in [3.8, 4) is 0 Å². The van der Waals surface area contributed by atoms with Crippen LogP contribution >= 0.6 is 12.4 Å². The fraction of sp³-hybridized carbons (Fsp3) is 0.500. The summed E-state index contributed by atoms with van der Waals surface area (Å²) < 4.78 is 4.81. The number of hydrogen-bond donors (Lipinski definition) is 1. The van der Waals surface area contributed by atoms with E-state index in [1.54, 1.807) is 0 Å². The molecule has 0 amide bonds. The number of likely N-dealkylation sites (tertiary alicyclic amines) is 1. The fourth-order valence-corrected chi connectivity index (χ4v) is 2.46. The molecule has 106 valence electrons. The van der Waals surface area contributed by atoms with Crippen molar-refractivity contribution in [3.63, 3.8) is 0 Å². The minimum absolute atomic E-state index is 0. The summed E-state index contributed by atoms with van der Waals surface area (Å²) in [7, 11) is 1.42. The third kappa shape index (κ3) is 3.93. The molecule has 1 heterocycles. The molecule has 1 aliphatic heterocycles. The van der Waals surface area contributed by atoms with Crippen LogP contribution in [0, 0.1) is 5.92 Å². The molecule has 0 saturated carbocycles. The second-order valence-electron chi connectivity index (χ2n) is 4.77. The van der Waals surface area contributed by atoms with Gasteiger partial charge in [-0.15, -0.1) is 12.4 Å². The van der Waals surface area contributed by atoms with Crippen molar-refractivity contribution in [1.82, 2.24) is 4.90 Å². The predicted molar refractivity (Wildman–Crippen MR) is 77.5 cm³/mol. The van der Waals surface area contributed by atoms with E-state index in [2.05, 4.69) is 4.90 Å². The van der Waals surface area contributed by atoms with Gasteiger partial charge >= 0.3 is 5.97 Å². The van der Waals surface area contributed by atoms with E-state index in [1.165, 1.54) is 7.11 Å². The van der Waals surface area contributed by atoms with Gasteiger partial charge in [0.25, 0.3) is 0 Å². The zero-order chi connectivity index (χ0) is 13.0. The number of rotatable bonds is 4. The maximum atomic E-state index is 11.7. The number of halogens is 1. The topological polar surface area (TPSA) is 55.6 Å². The number of nitrogens with two attached hydrogens (primary N) is 1. The van der Waals surface area contributed by atoms with E-state index in [0.29, 0.717) is 11.5 Å². The Hall–Kier alpha value is -1.10. The standard InChI is InChI=1S/C14H20N2O2.ClH/c1-18-14(17)13-5-3-2-4-12(13)10-16-7-6-11(8-15)9-16;/h2-5,11H,6-10,15H2,1H3;1H.